The fraction of sp³-hybridized carbons (Fsp3) is 0.375. The monoisotopic (exact) mass is 321 g/mol. The second-order valence-electron chi connectivity index (χ2n) is 5.71. The molecule has 0 aliphatic carbocycles. The summed E-state index contributed by atoms with van der Waals surface area (Å²) in [5.41, 5.74) is 6.06. The Morgan fingerprint density at radius 3 is 3.05 bits per heavy atom. The zero-order valence-corrected chi connectivity index (χ0v) is 12.8. The Kier molecular flexibility index (Phi) is 4.16. The number of aromatic nitrogens is 1. The zero-order chi connectivity index (χ0) is 15.7. The molecule has 1 aliphatic heterocycles. The number of anilines is 1. The maximum absolute atomic E-state index is 14.8. The smallest absolute Gasteiger partial charge is 0.217 e. The summed E-state index contributed by atoms with van der Waals surface area (Å²) in [5, 5.41) is 1.09. The van der Waals surface area contributed by atoms with E-state index in [1.807, 2.05) is 4.90 Å². The molecule has 116 valence electrons. The molecule has 6 heteroatoms. The van der Waals surface area contributed by atoms with Crippen LogP contribution in [0.3, 0.4) is 0 Å². The molecule has 1 saturated heterocycles. The molecule has 1 amide bonds. The number of pyridine rings is 1. The molecular formula is C16H17ClFN3O. The molecule has 0 bridgehead atoms. The van der Waals surface area contributed by atoms with Gasteiger partial charge in [-0.05, 0) is 37.0 Å². The van der Waals surface area contributed by atoms with Gasteiger partial charge >= 0.3 is 0 Å². The van der Waals surface area contributed by atoms with Gasteiger partial charge in [0.15, 0.2) is 5.82 Å². The van der Waals surface area contributed by atoms with Crippen molar-refractivity contribution in [3.8, 4) is 0 Å². The molecule has 4 nitrogen and oxygen atoms in total. The molecular weight excluding hydrogens is 305 g/mol. The Bertz CT molecular complexity index is 722. The summed E-state index contributed by atoms with van der Waals surface area (Å²) in [6.45, 7) is 1.39. The van der Waals surface area contributed by atoms with Crippen LogP contribution in [0.15, 0.2) is 24.4 Å². The third-order valence-electron chi connectivity index (χ3n) is 4.13. The van der Waals surface area contributed by atoms with E-state index >= 15 is 0 Å². The lowest BCUT2D eigenvalue weighted by atomic mass is 9.94. The van der Waals surface area contributed by atoms with Crippen molar-refractivity contribution in [1.29, 1.82) is 0 Å². The minimum Gasteiger partial charge on any atom is -0.370 e. The van der Waals surface area contributed by atoms with Gasteiger partial charge in [0.05, 0.1) is 10.7 Å². The first-order valence-electron chi connectivity index (χ1n) is 7.32. The Morgan fingerprint density at radius 1 is 1.45 bits per heavy atom. The molecule has 1 aromatic carbocycles. The number of hydrogen-bond acceptors (Lipinski definition) is 3. The minimum atomic E-state index is -0.361. The van der Waals surface area contributed by atoms with E-state index in [0.717, 1.165) is 19.4 Å². The summed E-state index contributed by atoms with van der Waals surface area (Å²) >= 11 is 6.08. The predicted molar refractivity (Wildman–Crippen MR) is 85.5 cm³/mol. The molecule has 0 spiro atoms. The van der Waals surface area contributed by atoms with Crippen LogP contribution in [0.2, 0.25) is 5.02 Å². The number of halogens is 2. The summed E-state index contributed by atoms with van der Waals surface area (Å²) in [6, 6.07) is 5.17. The maximum atomic E-state index is 14.8. The number of benzene rings is 1. The van der Waals surface area contributed by atoms with Crippen molar-refractivity contribution in [1.82, 2.24) is 4.98 Å². The third-order valence-corrected chi connectivity index (χ3v) is 4.46. The Morgan fingerprint density at radius 2 is 2.27 bits per heavy atom. The van der Waals surface area contributed by atoms with Crippen molar-refractivity contribution in [3.05, 3.63) is 35.2 Å². The highest BCUT2D eigenvalue weighted by molar-refractivity contribution is 6.35. The number of primary amides is 1. The van der Waals surface area contributed by atoms with Gasteiger partial charge in [-0.15, -0.1) is 0 Å². The summed E-state index contributed by atoms with van der Waals surface area (Å²) < 4.78 is 14.8. The average Bonchev–Trinajstić information content (AvgIpc) is 2.48. The summed E-state index contributed by atoms with van der Waals surface area (Å²) in [7, 11) is 0. The topological polar surface area (TPSA) is 59.2 Å². The molecule has 2 heterocycles. The van der Waals surface area contributed by atoms with E-state index < -0.39 is 0 Å². The van der Waals surface area contributed by atoms with Crippen LogP contribution in [0, 0.1) is 11.7 Å². The average molecular weight is 322 g/mol. The van der Waals surface area contributed by atoms with Crippen LogP contribution in [0.4, 0.5) is 10.1 Å². The summed E-state index contributed by atoms with van der Waals surface area (Å²) in [5.74, 6) is -0.493. The van der Waals surface area contributed by atoms with Crippen LogP contribution in [0.1, 0.15) is 19.3 Å². The van der Waals surface area contributed by atoms with Crippen LogP contribution < -0.4 is 10.6 Å². The molecule has 0 saturated carbocycles. The van der Waals surface area contributed by atoms with E-state index in [0.29, 0.717) is 29.1 Å². The number of amides is 1. The van der Waals surface area contributed by atoms with Crippen molar-refractivity contribution in [2.75, 3.05) is 18.0 Å². The molecule has 3 rings (SSSR count). The summed E-state index contributed by atoms with van der Waals surface area (Å²) in [6.07, 6.45) is 3.70. The lowest BCUT2D eigenvalue weighted by Gasteiger charge is -2.34. The van der Waals surface area contributed by atoms with Crippen molar-refractivity contribution >= 4 is 34.1 Å². The molecule has 0 radical (unpaired) electrons. The van der Waals surface area contributed by atoms with Crippen LogP contribution in [0.25, 0.3) is 10.9 Å². The van der Waals surface area contributed by atoms with Crippen molar-refractivity contribution in [3.63, 3.8) is 0 Å². The van der Waals surface area contributed by atoms with Crippen molar-refractivity contribution in [2.24, 2.45) is 11.7 Å². The van der Waals surface area contributed by atoms with E-state index in [-0.39, 0.29) is 23.2 Å². The van der Waals surface area contributed by atoms with E-state index in [4.69, 9.17) is 17.3 Å². The van der Waals surface area contributed by atoms with E-state index in [1.165, 1.54) is 6.20 Å². The van der Waals surface area contributed by atoms with Gasteiger partial charge in [-0.1, -0.05) is 11.6 Å². The lowest BCUT2D eigenvalue weighted by Crippen LogP contribution is -2.37. The van der Waals surface area contributed by atoms with Crippen LogP contribution in [0.5, 0.6) is 0 Å². The molecule has 1 aliphatic rings. The van der Waals surface area contributed by atoms with Gasteiger partial charge in [-0.3, -0.25) is 9.78 Å². The van der Waals surface area contributed by atoms with Crippen LogP contribution in [-0.2, 0) is 4.79 Å². The summed E-state index contributed by atoms with van der Waals surface area (Å²) in [4.78, 5) is 17.2. The fourth-order valence-electron chi connectivity index (χ4n) is 3.12. The van der Waals surface area contributed by atoms with Crippen LogP contribution in [-0.4, -0.2) is 24.0 Å². The van der Waals surface area contributed by atoms with Gasteiger partial charge in [0.1, 0.15) is 5.52 Å². The quantitative estimate of drug-likeness (QED) is 0.945. The first-order chi connectivity index (χ1) is 10.6. The minimum absolute atomic E-state index is 0.175. The van der Waals surface area contributed by atoms with Crippen molar-refractivity contribution in [2.45, 2.75) is 19.3 Å². The van der Waals surface area contributed by atoms with Gasteiger partial charge < -0.3 is 10.6 Å². The largest absolute Gasteiger partial charge is 0.370 e. The molecule has 1 aromatic heterocycles. The van der Waals surface area contributed by atoms with Gasteiger partial charge in [0.25, 0.3) is 0 Å². The van der Waals surface area contributed by atoms with Crippen LogP contribution >= 0.6 is 11.6 Å². The number of nitrogens with two attached hydrogens (primary N) is 1. The van der Waals surface area contributed by atoms with Gasteiger partial charge in [-0.2, -0.15) is 0 Å². The van der Waals surface area contributed by atoms with E-state index in [1.54, 1.807) is 18.2 Å². The Hall–Kier alpha value is -1.88. The van der Waals surface area contributed by atoms with E-state index in [9.17, 15) is 9.18 Å². The van der Waals surface area contributed by atoms with E-state index in [2.05, 4.69) is 4.98 Å². The number of nitrogens with zero attached hydrogens (tertiary/aromatic N) is 2. The van der Waals surface area contributed by atoms with Gasteiger partial charge in [-0.25, -0.2) is 4.39 Å². The van der Waals surface area contributed by atoms with Gasteiger partial charge in [0, 0.05) is 31.1 Å². The predicted octanol–water partition coefficient (Wildman–Crippen LogP) is 3.12. The molecule has 1 fully saturated rings. The first-order valence-corrected chi connectivity index (χ1v) is 7.70. The maximum Gasteiger partial charge on any atom is 0.217 e. The number of carbonyl (C=O) groups is 1. The molecule has 22 heavy (non-hydrogen) atoms. The zero-order valence-electron chi connectivity index (χ0n) is 12.1. The Labute approximate surface area is 133 Å². The highest BCUT2D eigenvalue weighted by Gasteiger charge is 2.24. The number of rotatable bonds is 3. The first kappa shape index (κ1) is 15.0. The van der Waals surface area contributed by atoms with Crippen molar-refractivity contribution < 1.29 is 9.18 Å². The number of hydrogen-bond donors (Lipinski definition) is 1. The molecule has 1 atom stereocenters. The lowest BCUT2D eigenvalue weighted by molar-refractivity contribution is -0.118. The highest BCUT2D eigenvalue weighted by atomic mass is 35.5. The standard InChI is InChI=1S/C16H17ClFN3O/c17-12-5-6-20-16-11(12)3-4-13(15(16)18)21-7-1-2-10(9-21)8-14(19)22/h3-6,10H,1-2,7-9H2,(H2,19,22). The fourth-order valence-corrected chi connectivity index (χ4v) is 3.33. The number of carbonyl (C=O) groups excluding carboxylic acids is 1. The molecule has 2 aromatic rings. The third kappa shape index (κ3) is 2.86. The molecule has 2 N–H and O–H groups in total. The molecule has 1 unspecified atom stereocenters. The van der Waals surface area contributed by atoms with Gasteiger partial charge in [0.2, 0.25) is 5.91 Å². The Balaban J connectivity index is 1.93. The number of fused-ring (bicyclic) bond motifs is 1. The second kappa shape index (κ2) is 6.08. The number of piperidine rings is 1. The normalized spacial score (nSPS) is 18.6. The second-order valence-corrected chi connectivity index (χ2v) is 6.12. The SMILES string of the molecule is NC(=O)CC1CCCN(c2ccc3c(Cl)ccnc3c2F)C1. The highest BCUT2D eigenvalue weighted by Crippen LogP contribution is 2.32.